The topological polar surface area (TPSA) is 9.23 Å². The third-order valence-electron chi connectivity index (χ3n) is 0.701. The highest BCUT2D eigenvalue weighted by molar-refractivity contribution is 6.37. The van der Waals surface area contributed by atoms with Gasteiger partial charge in [0.25, 0.3) is 0 Å². The maximum Gasteiger partial charge on any atom is 0.226 e. The van der Waals surface area contributed by atoms with Crippen molar-refractivity contribution in [3.05, 3.63) is 0 Å². The zero-order chi connectivity index (χ0) is 5.70. The maximum absolute atomic E-state index is 5.23. The first-order chi connectivity index (χ1) is 3.31. The lowest BCUT2D eigenvalue weighted by atomic mass is 10.9. The van der Waals surface area contributed by atoms with Crippen molar-refractivity contribution >= 4 is 19.3 Å². The molecule has 0 aromatic rings. The lowest BCUT2D eigenvalue weighted by Gasteiger charge is -2.04. The molecule has 0 aliphatic carbocycles. The minimum Gasteiger partial charge on any atom is -0.419 e. The van der Waals surface area contributed by atoms with Crippen LogP contribution in [-0.2, 0) is 4.43 Å². The van der Waals surface area contributed by atoms with Gasteiger partial charge in [-0.05, 0) is 13.5 Å². The second-order valence-electron chi connectivity index (χ2n) is 1.25. The van der Waals surface area contributed by atoms with E-state index < -0.39 is 0 Å². The Hall–Kier alpha value is 0.394. The minimum absolute atomic E-state index is 0.489. The molecule has 1 nitrogen and oxygen atoms in total. The summed E-state index contributed by atoms with van der Waals surface area (Å²) in [5.41, 5.74) is 0.489. The molecule has 0 aliphatic heterocycles. The Morgan fingerprint density at radius 1 is 1.43 bits per heavy atom. The van der Waals surface area contributed by atoms with Gasteiger partial charge < -0.3 is 4.43 Å². The fraction of sp³-hybridized carbons (Fsp3) is 1.00. The molecule has 4 radical (unpaired) electrons. The third-order valence-corrected chi connectivity index (χ3v) is 2.46. The Morgan fingerprint density at radius 3 is 2.14 bits per heavy atom. The lowest BCUT2D eigenvalue weighted by molar-refractivity contribution is 0.317. The molecule has 0 fully saturated rings. The molecule has 7 heavy (non-hydrogen) atoms. The van der Waals surface area contributed by atoms with Crippen molar-refractivity contribution in [1.29, 1.82) is 0 Å². The summed E-state index contributed by atoms with van der Waals surface area (Å²) in [5.74, 6) is 0. The van der Waals surface area contributed by atoms with Gasteiger partial charge in [-0.15, -0.1) is 0 Å². The van der Waals surface area contributed by atoms with Crippen molar-refractivity contribution < 1.29 is 4.43 Å². The molecule has 0 saturated heterocycles. The molecule has 0 aromatic heterocycles. The van der Waals surface area contributed by atoms with Crippen LogP contribution in [0.3, 0.4) is 0 Å². The van der Waals surface area contributed by atoms with Gasteiger partial charge in [-0.2, -0.15) is 0 Å². The van der Waals surface area contributed by atoms with Gasteiger partial charge in [0.1, 0.15) is 0 Å². The van der Waals surface area contributed by atoms with Crippen molar-refractivity contribution in [2.75, 3.05) is 0 Å². The van der Waals surface area contributed by atoms with E-state index in [1.807, 2.05) is 0 Å². The first-order valence-electron chi connectivity index (χ1n) is 2.31. The van der Waals surface area contributed by atoms with Gasteiger partial charge in [-0.25, -0.2) is 0 Å². The zero-order valence-corrected chi connectivity index (χ0v) is 6.99. The number of hydrogen-bond acceptors (Lipinski definition) is 1. The van der Waals surface area contributed by atoms with Crippen molar-refractivity contribution in [1.82, 2.24) is 0 Å². The summed E-state index contributed by atoms with van der Waals surface area (Å²) in [6.07, 6.45) is 0. The summed E-state index contributed by atoms with van der Waals surface area (Å²) >= 11 is 0. The predicted octanol–water partition coefficient (Wildman–Crippen LogP) is 0.769. The molecule has 1 atom stereocenters. The average molecular weight is 130 g/mol. The van der Waals surface area contributed by atoms with Crippen LogP contribution in [0, 0.1) is 0 Å². The highest BCUT2D eigenvalue weighted by atomic mass is 28.2. The lowest BCUT2D eigenvalue weighted by Crippen LogP contribution is -2.14. The molecule has 0 heterocycles. The summed E-state index contributed by atoms with van der Waals surface area (Å²) in [5, 5.41) is 0. The average Bonchev–Trinajstić information content (AvgIpc) is 1.68. The van der Waals surface area contributed by atoms with E-state index in [4.69, 9.17) is 4.43 Å². The molecule has 0 amide bonds. The largest absolute Gasteiger partial charge is 0.419 e. The Labute approximate surface area is 50.2 Å². The molecule has 40 valence electrons. The highest BCUT2D eigenvalue weighted by Gasteiger charge is 1.93. The Kier molecular flexibility index (Phi) is 4.81. The molecular formula is C4H10OSi2. The van der Waals surface area contributed by atoms with Crippen LogP contribution >= 0.6 is 0 Å². The summed E-state index contributed by atoms with van der Waals surface area (Å²) in [6, 6.07) is 0. The summed E-state index contributed by atoms with van der Waals surface area (Å²) < 4.78 is 5.23. The summed E-state index contributed by atoms with van der Waals surface area (Å²) in [6.45, 7) is 6.32. The van der Waals surface area contributed by atoms with E-state index in [-0.39, 0.29) is 0 Å². The van der Waals surface area contributed by atoms with Crippen LogP contribution in [0.25, 0.3) is 0 Å². The van der Waals surface area contributed by atoms with Crippen molar-refractivity contribution in [2.45, 2.75) is 25.7 Å². The van der Waals surface area contributed by atoms with E-state index in [0.29, 0.717) is 15.5 Å². The van der Waals surface area contributed by atoms with Gasteiger partial charge in [-0.3, -0.25) is 0 Å². The third kappa shape index (κ3) is 4.24. The summed E-state index contributed by atoms with van der Waals surface area (Å²) in [7, 11) is 1.57. The van der Waals surface area contributed by atoms with Crippen LogP contribution in [0.1, 0.15) is 6.92 Å². The van der Waals surface area contributed by atoms with Gasteiger partial charge in [0.15, 0.2) is 0 Å². The van der Waals surface area contributed by atoms with Crippen LogP contribution in [0.4, 0.5) is 0 Å². The Balaban J connectivity index is 2.83. The smallest absolute Gasteiger partial charge is 0.226 e. The van der Waals surface area contributed by atoms with Gasteiger partial charge in [0, 0.05) is 5.73 Å². The minimum atomic E-state index is 0.489. The first kappa shape index (κ1) is 7.39. The van der Waals surface area contributed by atoms with E-state index >= 15 is 0 Å². The van der Waals surface area contributed by atoms with E-state index in [1.165, 1.54) is 0 Å². The normalized spacial score (nSPS) is 14.1. The zero-order valence-electron chi connectivity index (χ0n) is 4.99. The second-order valence-corrected chi connectivity index (χ2v) is 3.29. The van der Waals surface area contributed by atoms with Gasteiger partial charge >= 0.3 is 0 Å². The van der Waals surface area contributed by atoms with Crippen LogP contribution in [0.15, 0.2) is 0 Å². The van der Waals surface area contributed by atoms with Crippen LogP contribution in [-0.4, -0.2) is 25.0 Å². The SMILES string of the molecule is C[Si]OC(C)[Si]C. The molecule has 0 N–H and O–H groups in total. The van der Waals surface area contributed by atoms with E-state index in [0.717, 1.165) is 9.52 Å². The first-order valence-corrected chi connectivity index (χ1v) is 5.29. The van der Waals surface area contributed by atoms with Crippen molar-refractivity contribution in [3.8, 4) is 0 Å². The van der Waals surface area contributed by atoms with Crippen LogP contribution in [0.5, 0.6) is 0 Å². The maximum atomic E-state index is 5.23. The standard InChI is InChI=1S/C4H10OSi2/c1-4(6-2)5-7-3/h4H,1-3H3. The highest BCUT2D eigenvalue weighted by Crippen LogP contribution is 1.82. The molecule has 0 bridgehead atoms. The number of rotatable bonds is 3. The van der Waals surface area contributed by atoms with Gasteiger partial charge in [0.2, 0.25) is 9.76 Å². The van der Waals surface area contributed by atoms with E-state index in [9.17, 15) is 0 Å². The van der Waals surface area contributed by atoms with Crippen LogP contribution in [0.2, 0.25) is 13.1 Å². The molecule has 0 rings (SSSR count). The Bertz CT molecular complexity index is 40.7. The predicted molar refractivity (Wildman–Crippen MR) is 33.8 cm³/mol. The Morgan fingerprint density at radius 2 is 2.00 bits per heavy atom. The van der Waals surface area contributed by atoms with Crippen LogP contribution < -0.4 is 0 Å². The van der Waals surface area contributed by atoms with Crippen molar-refractivity contribution in [2.24, 2.45) is 0 Å². The van der Waals surface area contributed by atoms with E-state index in [1.54, 1.807) is 0 Å². The van der Waals surface area contributed by atoms with Gasteiger partial charge in [0.05, 0.1) is 9.52 Å². The second kappa shape index (κ2) is 4.55. The number of hydrogen-bond donors (Lipinski definition) is 0. The van der Waals surface area contributed by atoms with E-state index in [2.05, 4.69) is 20.0 Å². The van der Waals surface area contributed by atoms with Crippen molar-refractivity contribution in [3.63, 3.8) is 0 Å². The molecule has 0 spiro atoms. The quantitative estimate of drug-likeness (QED) is 0.513. The molecule has 0 aromatic carbocycles. The monoisotopic (exact) mass is 130 g/mol. The molecule has 3 heteroatoms. The fourth-order valence-electron chi connectivity index (χ4n) is 0.236. The summed E-state index contributed by atoms with van der Waals surface area (Å²) in [4.78, 5) is 0. The molecule has 0 saturated carbocycles. The van der Waals surface area contributed by atoms with Gasteiger partial charge in [-0.1, -0.05) is 6.55 Å². The molecule has 1 unspecified atom stereocenters. The molecule has 0 aliphatic rings. The molecular weight excluding hydrogens is 120 g/mol. The fourth-order valence-corrected chi connectivity index (χ4v) is 1.41.